The fourth-order valence-corrected chi connectivity index (χ4v) is 4.26. The number of benzene rings is 1. The number of nitrogens with zero attached hydrogens (tertiary/aromatic N) is 4. The number of thiocarbonyl (C=S) groups is 1. The lowest BCUT2D eigenvalue weighted by molar-refractivity contribution is -0.384. The van der Waals surface area contributed by atoms with Crippen LogP contribution in [0.5, 0.6) is 0 Å². The second-order valence-corrected chi connectivity index (χ2v) is 8.14. The standard InChI is InChI=1S/C22H23N5O2S/c1-15(2)14-26-21(20(24-22(26)30)18-9-3-4-11-23-18)19-10-6-12-25(19)16-7-5-8-17(13-16)27(28)29/h3-13,15,20-21H,14H2,1-2H3,(H,24,30)/t20-,21-/m1/s1. The zero-order valence-corrected chi connectivity index (χ0v) is 17.6. The summed E-state index contributed by atoms with van der Waals surface area (Å²) in [7, 11) is 0. The highest BCUT2D eigenvalue weighted by molar-refractivity contribution is 7.80. The van der Waals surface area contributed by atoms with Crippen molar-refractivity contribution in [3.63, 3.8) is 0 Å². The van der Waals surface area contributed by atoms with Crippen molar-refractivity contribution in [3.8, 4) is 5.69 Å². The van der Waals surface area contributed by atoms with E-state index in [1.54, 1.807) is 18.3 Å². The van der Waals surface area contributed by atoms with Gasteiger partial charge in [-0.05, 0) is 48.5 Å². The summed E-state index contributed by atoms with van der Waals surface area (Å²) in [6.45, 7) is 5.11. The van der Waals surface area contributed by atoms with Crippen molar-refractivity contribution >= 4 is 23.0 Å². The Morgan fingerprint density at radius 1 is 1.20 bits per heavy atom. The van der Waals surface area contributed by atoms with Crippen LogP contribution in [0.4, 0.5) is 5.69 Å². The molecule has 1 aromatic carbocycles. The summed E-state index contributed by atoms with van der Waals surface area (Å²) in [5, 5.41) is 15.4. The topological polar surface area (TPSA) is 76.2 Å². The van der Waals surface area contributed by atoms with E-state index in [9.17, 15) is 10.1 Å². The lowest BCUT2D eigenvalue weighted by Crippen LogP contribution is -2.33. The Morgan fingerprint density at radius 3 is 2.73 bits per heavy atom. The van der Waals surface area contributed by atoms with Gasteiger partial charge in [-0.25, -0.2) is 0 Å². The van der Waals surface area contributed by atoms with E-state index in [-0.39, 0.29) is 22.7 Å². The zero-order chi connectivity index (χ0) is 21.3. The Bertz CT molecular complexity index is 1070. The maximum Gasteiger partial charge on any atom is 0.271 e. The maximum absolute atomic E-state index is 11.3. The van der Waals surface area contributed by atoms with Crippen LogP contribution in [0.1, 0.15) is 37.3 Å². The molecule has 7 nitrogen and oxygen atoms in total. The molecule has 0 unspecified atom stereocenters. The second-order valence-electron chi connectivity index (χ2n) is 7.75. The van der Waals surface area contributed by atoms with Gasteiger partial charge >= 0.3 is 0 Å². The highest BCUT2D eigenvalue weighted by Crippen LogP contribution is 2.40. The van der Waals surface area contributed by atoms with E-state index in [4.69, 9.17) is 12.2 Å². The van der Waals surface area contributed by atoms with Crippen LogP contribution in [-0.2, 0) is 0 Å². The molecule has 4 rings (SSSR count). The van der Waals surface area contributed by atoms with E-state index in [0.717, 1.165) is 23.6 Å². The number of hydrogen-bond acceptors (Lipinski definition) is 4. The molecule has 0 aliphatic carbocycles. The summed E-state index contributed by atoms with van der Waals surface area (Å²) in [6, 6.07) is 16.3. The largest absolute Gasteiger partial charge is 0.352 e. The quantitative estimate of drug-likeness (QED) is 0.361. The first-order chi connectivity index (χ1) is 14.5. The van der Waals surface area contributed by atoms with E-state index in [1.807, 2.05) is 47.2 Å². The third kappa shape index (κ3) is 3.78. The van der Waals surface area contributed by atoms with Crippen LogP contribution in [-0.4, -0.2) is 31.0 Å². The molecule has 2 atom stereocenters. The average molecular weight is 422 g/mol. The number of nitro benzene ring substituents is 1. The molecule has 1 N–H and O–H groups in total. The molecular formula is C22H23N5O2S. The van der Waals surface area contributed by atoms with E-state index < -0.39 is 0 Å². The van der Waals surface area contributed by atoms with E-state index in [0.29, 0.717) is 11.0 Å². The van der Waals surface area contributed by atoms with Gasteiger partial charge in [-0.3, -0.25) is 15.1 Å². The lowest BCUT2D eigenvalue weighted by atomic mass is 10.0. The van der Waals surface area contributed by atoms with Gasteiger partial charge in [-0.2, -0.15) is 0 Å². The van der Waals surface area contributed by atoms with Crippen molar-refractivity contribution in [3.05, 3.63) is 88.5 Å². The van der Waals surface area contributed by atoms with Crippen LogP contribution < -0.4 is 5.32 Å². The third-order valence-corrected chi connectivity index (χ3v) is 5.51. The zero-order valence-electron chi connectivity index (χ0n) is 16.8. The molecule has 1 aliphatic heterocycles. The van der Waals surface area contributed by atoms with Crippen LogP contribution in [0, 0.1) is 16.0 Å². The number of nitrogens with one attached hydrogen (secondary N) is 1. The first kappa shape index (κ1) is 20.0. The highest BCUT2D eigenvalue weighted by Gasteiger charge is 2.41. The van der Waals surface area contributed by atoms with Gasteiger partial charge in [0.1, 0.15) is 0 Å². The van der Waals surface area contributed by atoms with Crippen molar-refractivity contribution in [2.75, 3.05) is 6.54 Å². The average Bonchev–Trinajstić information content (AvgIpc) is 3.33. The predicted octanol–water partition coefficient (Wildman–Crippen LogP) is 4.41. The fourth-order valence-electron chi connectivity index (χ4n) is 3.94. The van der Waals surface area contributed by atoms with Crippen molar-refractivity contribution in [2.45, 2.75) is 25.9 Å². The van der Waals surface area contributed by atoms with Gasteiger partial charge < -0.3 is 14.8 Å². The van der Waals surface area contributed by atoms with E-state index in [2.05, 4.69) is 29.0 Å². The van der Waals surface area contributed by atoms with Crippen molar-refractivity contribution in [1.29, 1.82) is 0 Å². The Hall–Kier alpha value is -3.26. The normalized spacial score (nSPS) is 18.6. The molecule has 3 aromatic rings. The molecule has 8 heteroatoms. The summed E-state index contributed by atoms with van der Waals surface area (Å²) >= 11 is 5.69. The Balaban J connectivity index is 1.81. The van der Waals surface area contributed by atoms with Crippen LogP contribution in [0.3, 0.4) is 0 Å². The van der Waals surface area contributed by atoms with Crippen molar-refractivity contribution in [1.82, 2.24) is 19.8 Å². The molecule has 1 saturated heterocycles. The molecule has 2 aromatic heterocycles. The van der Waals surface area contributed by atoms with Gasteiger partial charge in [-0.15, -0.1) is 0 Å². The molecule has 1 fully saturated rings. The van der Waals surface area contributed by atoms with Crippen molar-refractivity contribution < 1.29 is 4.92 Å². The monoisotopic (exact) mass is 421 g/mol. The van der Waals surface area contributed by atoms with Gasteiger partial charge in [0.25, 0.3) is 5.69 Å². The maximum atomic E-state index is 11.3. The van der Waals surface area contributed by atoms with Crippen LogP contribution in [0.15, 0.2) is 67.0 Å². The summed E-state index contributed by atoms with van der Waals surface area (Å²) in [6.07, 6.45) is 3.71. The molecule has 30 heavy (non-hydrogen) atoms. The Labute approximate surface area is 180 Å². The minimum Gasteiger partial charge on any atom is -0.352 e. The molecule has 3 heterocycles. The number of aromatic nitrogens is 2. The second kappa shape index (κ2) is 8.23. The Kier molecular flexibility index (Phi) is 5.50. The SMILES string of the molecule is CC(C)CN1C(=S)N[C@H](c2ccccn2)[C@H]1c1cccn1-c1cccc([N+](=O)[O-])c1. The molecule has 0 spiro atoms. The molecule has 1 aliphatic rings. The summed E-state index contributed by atoms with van der Waals surface area (Å²) in [5.74, 6) is 0.413. The van der Waals surface area contributed by atoms with Crippen LogP contribution in [0.2, 0.25) is 0 Å². The van der Waals surface area contributed by atoms with Crippen molar-refractivity contribution in [2.24, 2.45) is 5.92 Å². The van der Waals surface area contributed by atoms with Crippen LogP contribution in [0.25, 0.3) is 5.69 Å². The summed E-state index contributed by atoms with van der Waals surface area (Å²) in [4.78, 5) is 17.7. The van der Waals surface area contributed by atoms with Gasteiger partial charge in [-0.1, -0.05) is 26.0 Å². The molecule has 154 valence electrons. The number of non-ortho nitro benzene ring substituents is 1. The van der Waals surface area contributed by atoms with Gasteiger partial charge in [0.2, 0.25) is 0 Å². The molecule has 0 amide bonds. The minimum atomic E-state index is -0.374. The third-order valence-electron chi connectivity index (χ3n) is 5.16. The number of pyridine rings is 1. The number of nitro groups is 1. The van der Waals surface area contributed by atoms with E-state index in [1.165, 1.54) is 6.07 Å². The summed E-state index contributed by atoms with van der Waals surface area (Å²) < 4.78 is 2.00. The number of hydrogen-bond donors (Lipinski definition) is 1. The van der Waals surface area contributed by atoms with Gasteiger partial charge in [0.15, 0.2) is 5.11 Å². The lowest BCUT2D eigenvalue weighted by Gasteiger charge is -2.30. The van der Waals surface area contributed by atoms with Gasteiger partial charge in [0, 0.05) is 36.8 Å². The minimum absolute atomic E-state index is 0.0625. The predicted molar refractivity (Wildman–Crippen MR) is 119 cm³/mol. The molecule has 0 radical (unpaired) electrons. The highest BCUT2D eigenvalue weighted by atomic mass is 32.1. The fraction of sp³-hybridized carbons (Fsp3) is 0.273. The first-order valence-electron chi connectivity index (χ1n) is 9.86. The van der Waals surface area contributed by atoms with Crippen LogP contribution >= 0.6 is 12.2 Å². The van der Waals surface area contributed by atoms with E-state index >= 15 is 0 Å². The Morgan fingerprint density at radius 2 is 2.03 bits per heavy atom. The molecule has 0 bridgehead atoms. The number of rotatable bonds is 6. The van der Waals surface area contributed by atoms with Gasteiger partial charge in [0.05, 0.1) is 28.4 Å². The summed E-state index contributed by atoms with van der Waals surface area (Å²) in [5.41, 5.74) is 2.71. The molecular weight excluding hydrogens is 398 g/mol. The molecule has 0 saturated carbocycles. The first-order valence-corrected chi connectivity index (χ1v) is 10.3. The smallest absolute Gasteiger partial charge is 0.271 e.